The van der Waals surface area contributed by atoms with Crippen molar-refractivity contribution in [1.29, 1.82) is 0 Å². The number of rotatable bonds is 6. The van der Waals surface area contributed by atoms with Gasteiger partial charge in [-0.2, -0.15) is 0 Å². The zero-order valence-electron chi connectivity index (χ0n) is 10.6. The summed E-state index contributed by atoms with van der Waals surface area (Å²) in [5.41, 5.74) is 0. The minimum atomic E-state index is -0.640. The third kappa shape index (κ3) is 6.42. The summed E-state index contributed by atoms with van der Waals surface area (Å²) in [6, 6.07) is 9.35. The maximum absolute atomic E-state index is 9.69. The number of benzene rings is 1. The van der Waals surface area contributed by atoms with E-state index in [1.165, 1.54) is 0 Å². The van der Waals surface area contributed by atoms with Crippen LogP contribution >= 0.6 is 12.2 Å². The Labute approximate surface area is 113 Å². The molecule has 0 aliphatic heterocycles. The van der Waals surface area contributed by atoms with E-state index in [1.54, 1.807) is 0 Å². The maximum atomic E-state index is 9.69. The predicted molar refractivity (Wildman–Crippen MR) is 74.8 cm³/mol. The van der Waals surface area contributed by atoms with Crippen LogP contribution in [0.3, 0.4) is 0 Å². The molecule has 0 aliphatic rings. The molecule has 0 aliphatic carbocycles. The molecule has 18 heavy (non-hydrogen) atoms. The molecule has 0 radical (unpaired) electrons. The molecule has 0 saturated heterocycles. The molecule has 1 atom stereocenters. The molecule has 1 aromatic rings. The second-order valence-electron chi connectivity index (χ2n) is 4.11. The van der Waals surface area contributed by atoms with E-state index in [-0.39, 0.29) is 12.7 Å². The van der Waals surface area contributed by atoms with Gasteiger partial charge in [0.05, 0.1) is 6.10 Å². The van der Waals surface area contributed by atoms with Crippen LogP contribution in [0.5, 0.6) is 5.75 Å². The lowest BCUT2D eigenvalue weighted by molar-refractivity contribution is 0.107. The standard InChI is InChI=1S/C13H19NO3S/c1-10(2)17-13(18)14-8-11(15)9-16-12-6-4-3-5-7-12/h3-7,10-11,15H,8-9H2,1-2H3,(H,14,18). The first-order valence-corrected chi connectivity index (χ1v) is 6.29. The van der Waals surface area contributed by atoms with Gasteiger partial charge in [-0.15, -0.1) is 0 Å². The fourth-order valence-corrected chi connectivity index (χ4v) is 1.50. The Morgan fingerprint density at radius 2 is 2.00 bits per heavy atom. The van der Waals surface area contributed by atoms with Crippen molar-refractivity contribution in [2.24, 2.45) is 0 Å². The Hall–Kier alpha value is -1.33. The summed E-state index contributed by atoms with van der Waals surface area (Å²) in [4.78, 5) is 0. The smallest absolute Gasteiger partial charge is 0.256 e. The van der Waals surface area contributed by atoms with Crippen LogP contribution in [0.2, 0.25) is 0 Å². The summed E-state index contributed by atoms with van der Waals surface area (Å²) >= 11 is 4.94. The number of aliphatic hydroxyl groups excluding tert-OH is 1. The van der Waals surface area contributed by atoms with E-state index >= 15 is 0 Å². The molecule has 5 heteroatoms. The molecule has 0 saturated carbocycles. The lowest BCUT2D eigenvalue weighted by Crippen LogP contribution is -2.36. The molecule has 1 unspecified atom stereocenters. The molecule has 0 fully saturated rings. The molecule has 0 bridgehead atoms. The molecular weight excluding hydrogens is 250 g/mol. The van der Waals surface area contributed by atoms with Crippen LogP contribution in [0, 0.1) is 0 Å². The minimum Gasteiger partial charge on any atom is -0.491 e. The van der Waals surface area contributed by atoms with E-state index in [0.29, 0.717) is 11.7 Å². The van der Waals surface area contributed by atoms with Crippen molar-refractivity contribution < 1.29 is 14.6 Å². The Morgan fingerprint density at radius 1 is 1.33 bits per heavy atom. The summed E-state index contributed by atoms with van der Waals surface area (Å²) < 4.78 is 10.6. The fourth-order valence-electron chi connectivity index (χ4n) is 1.22. The number of hydrogen-bond donors (Lipinski definition) is 2. The third-order valence-corrected chi connectivity index (χ3v) is 2.25. The van der Waals surface area contributed by atoms with Gasteiger partial charge in [0.25, 0.3) is 5.17 Å². The number of para-hydroxylation sites is 1. The van der Waals surface area contributed by atoms with Gasteiger partial charge in [-0.3, -0.25) is 0 Å². The highest BCUT2D eigenvalue weighted by Gasteiger charge is 2.07. The fraction of sp³-hybridized carbons (Fsp3) is 0.462. The summed E-state index contributed by atoms with van der Waals surface area (Å²) in [5.74, 6) is 0.734. The Morgan fingerprint density at radius 3 is 2.61 bits per heavy atom. The predicted octanol–water partition coefficient (Wildman–Crippen LogP) is 1.73. The number of nitrogens with one attached hydrogen (secondary N) is 1. The SMILES string of the molecule is CC(C)OC(=S)NCC(O)COc1ccccc1. The molecule has 1 rings (SSSR count). The number of ether oxygens (including phenoxy) is 2. The molecule has 0 spiro atoms. The van der Waals surface area contributed by atoms with Gasteiger partial charge in [0.15, 0.2) is 0 Å². The summed E-state index contributed by atoms with van der Waals surface area (Å²) in [6.07, 6.45) is -0.610. The van der Waals surface area contributed by atoms with Crippen LogP contribution in [0.4, 0.5) is 0 Å². The van der Waals surface area contributed by atoms with Gasteiger partial charge in [0.1, 0.15) is 18.5 Å². The van der Waals surface area contributed by atoms with Crippen molar-refractivity contribution in [3.05, 3.63) is 30.3 Å². The molecule has 2 N–H and O–H groups in total. The largest absolute Gasteiger partial charge is 0.491 e. The molecular formula is C13H19NO3S. The second kappa shape index (κ2) is 7.89. The minimum absolute atomic E-state index is 0.0303. The average molecular weight is 269 g/mol. The van der Waals surface area contributed by atoms with Crippen molar-refractivity contribution >= 4 is 17.4 Å². The zero-order valence-corrected chi connectivity index (χ0v) is 11.4. The maximum Gasteiger partial charge on any atom is 0.256 e. The van der Waals surface area contributed by atoms with Crippen LogP contribution in [0.25, 0.3) is 0 Å². The van der Waals surface area contributed by atoms with Gasteiger partial charge in [-0.1, -0.05) is 18.2 Å². The Bertz CT molecular complexity index is 357. The van der Waals surface area contributed by atoms with Crippen molar-refractivity contribution in [3.8, 4) is 5.75 Å². The van der Waals surface area contributed by atoms with E-state index in [9.17, 15) is 5.11 Å². The molecule has 1 aromatic carbocycles. The number of thiocarbonyl (C=S) groups is 1. The van der Waals surface area contributed by atoms with Crippen LogP contribution in [0.15, 0.2) is 30.3 Å². The normalized spacial score (nSPS) is 12.0. The Kier molecular flexibility index (Phi) is 6.46. The van der Waals surface area contributed by atoms with Gasteiger partial charge in [-0.05, 0) is 38.2 Å². The van der Waals surface area contributed by atoms with E-state index in [0.717, 1.165) is 5.75 Å². The highest BCUT2D eigenvalue weighted by Crippen LogP contribution is 2.08. The van der Waals surface area contributed by atoms with Crippen molar-refractivity contribution in [3.63, 3.8) is 0 Å². The van der Waals surface area contributed by atoms with Gasteiger partial charge in [0.2, 0.25) is 0 Å². The lowest BCUT2D eigenvalue weighted by Gasteiger charge is -2.16. The van der Waals surface area contributed by atoms with Crippen LogP contribution in [0.1, 0.15) is 13.8 Å². The first kappa shape index (κ1) is 14.7. The highest BCUT2D eigenvalue weighted by atomic mass is 32.1. The monoisotopic (exact) mass is 269 g/mol. The van der Waals surface area contributed by atoms with Gasteiger partial charge < -0.3 is 19.9 Å². The van der Waals surface area contributed by atoms with Gasteiger partial charge in [-0.25, -0.2) is 0 Å². The quantitative estimate of drug-likeness (QED) is 0.770. The van der Waals surface area contributed by atoms with E-state index in [2.05, 4.69) is 5.32 Å². The average Bonchev–Trinajstić information content (AvgIpc) is 2.34. The van der Waals surface area contributed by atoms with Gasteiger partial charge >= 0.3 is 0 Å². The molecule has 0 amide bonds. The van der Waals surface area contributed by atoms with Crippen molar-refractivity contribution in [1.82, 2.24) is 5.32 Å². The van der Waals surface area contributed by atoms with Crippen LogP contribution in [-0.4, -0.2) is 35.6 Å². The molecule has 100 valence electrons. The van der Waals surface area contributed by atoms with Crippen molar-refractivity contribution in [2.45, 2.75) is 26.1 Å². The second-order valence-corrected chi connectivity index (χ2v) is 4.48. The summed E-state index contributed by atoms with van der Waals surface area (Å²) in [7, 11) is 0. The first-order valence-electron chi connectivity index (χ1n) is 5.88. The molecule has 0 aromatic heterocycles. The topological polar surface area (TPSA) is 50.7 Å². The number of hydrogen-bond acceptors (Lipinski definition) is 4. The summed E-state index contributed by atoms with van der Waals surface area (Å²) in [5, 5.41) is 12.8. The third-order valence-electron chi connectivity index (χ3n) is 2.01. The van der Waals surface area contributed by atoms with E-state index in [4.69, 9.17) is 21.7 Å². The zero-order chi connectivity index (χ0) is 13.4. The van der Waals surface area contributed by atoms with Crippen LogP contribution in [-0.2, 0) is 4.74 Å². The summed E-state index contributed by atoms with van der Waals surface area (Å²) in [6.45, 7) is 4.30. The first-order chi connectivity index (χ1) is 8.58. The van der Waals surface area contributed by atoms with Gasteiger partial charge in [0, 0.05) is 6.54 Å². The molecule has 4 nitrogen and oxygen atoms in total. The van der Waals surface area contributed by atoms with Crippen LogP contribution < -0.4 is 10.1 Å². The van der Waals surface area contributed by atoms with Crippen molar-refractivity contribution in [2.75, 3.05) is 13.2 Å². The Balaban J connectivity index is 2.18. The van der Waals surface area contributed by atoms with E-state index in [1.807, 2.05) is 44.2 Å². The highest BCUT2D eigenvalue weighted by molar-refractivity contribution is 7.80. The van der Waals surface area contributed by atoms with E-state index < -0.39 is 6.10 Å². The lowest BCUT2D eigenvalue weighted by atomic mass is 10.3. The number of aliphatic hydroxyl groups is 1. The molecule has 0 heterocycles.